The first-order valence-electron chi connectivity index (χ1n) is 12.9. The summed E-state index contributed by atoms with van der Waals surface area (Å²) < 4.78 is 32.2. The quantitative estimate of drug-likeness (QED) is 0.284. The summed E-state index contributed by atoms with van der Waals surface area (Å²) in [5, 5.41) is 10.2. The molecule has 3 aromatic carbocycles. The van der Waals surface area contributed by atoms with Gasteiger partial charge in [0.05, 0.1) is 17.8 Å². The van der Waals surface area contributed by atoms with Gasteiger partial charge in [0.25, 0.3) is 0 Å². The summed E-state index contributed by atoms with van der Waals surface area (Å²) in [4.78, 5) is 27.2. The van der Waals surface area contributed by atoms with Crippen LogP contribution in [0.4, 0.5) is 19.7 Å². The maximum absolute atomic E-state index is 15.5. The number of anilines is 1. The predicted octanol–water partition coefficient (Wildman–Crippen LogP) is 6.55. The fourth-order valence-corrected chi connectivity index (χ4v) is 5.07. The SMILES string of the molecule is O=C(Nc1cccc(CN2C(=O)Oc3cc(Oc4cccnn4)ccc3C23CCC3)c1F)OCc1ccccc1. The second-order valence-corrected chi connectivity index (χ2v) is 9.63. The number of ether oxygens (including phenoxy) is 3. The van der Waals surface area contributed by atoms with Gasteiger partial charge in [-0.2, -0.15) is 5.10 Å². The Kier molecular flexibility index (Phi) is 6.73. The molecule has 1 aliphatic carbocycles. The standard InChI is InChI=1S/C30H25FN4O5/c31-27-21(9-4-10-24(27)33-28(36)38-19-20-7-2-1-3-8-20)18-35-29(37)40-25-17-22(39-26-11-5-16-32-34-26)12-13-23(25)30(35)14-6-15-30/h1-5,7-13,16-17H,6,14-15,18-19H2,(H,33,36). The number of benzene rings is 3. The van der Waals surface area contributed by atoms with Crippen molar-refractivity contribution in [1.82, 2.24) is 15.1 Å². The molecule has 6 rings (SSSR count). The lowest BCUT2D eigenvalue weighted by atomic mass is 9.69. The normalized spacial score (nSPS) is 15.0. The molecule has 1 spiro atoms. The molecule has 1 aliphatic heterocycles. The van der Waals surface area contributed by atoms with E-state index >= 15 is 4.39 Å². The Morgan fingerprint density at radius 3 is 2.65 bits per heavy atom. The van der Waals surface area contributed by atoms with Crippen molar-refractivity contribution in [3.8, 4) is 17.4 Å². The summed E-state index contributed by atoms with van der Waals surface area (Å²) >= 11 is 0. The maximum atomic E-state index is 15.5. The molecule has 1 aromatic heterocycles. The number of fused-ring (bicyclic) bond motifs is 2. The van der Waals surface area contributed by atoms with E-state index in [0.717, 1.165) is 17.5 Å². The number of aromatic nitrogens is 2. The van der Waals surface area contributed by atoms with Crippen LogP contribution >= 0.6 is 0 Å². The van der Waals surface area contributed by atoms with Gasteiger partial charge in [0, 0.05) is 29.5 Å². The number of carbonyl (C=O) groups excluding carboxylic acids is 2. The van der Waals surface area contributed by atoms with Gasteiger partial charge in [0.1, 0.15) is 18.1 Å². The Labute approximate surface area is 229 Å². The molecule has 0 saturated heterocycles. The number of hydrogen-bond acceptors (Lipinski definition) is 7. The third-order valence-corrected chi connectivity index (χ3v) is 7.20. The van der Waals surface area contributed by atoms with E-state index in [9.17, 15) is 9.59 Å². The molecular weight excluding hydrogens is 515 g/mol. The van der Waals surface area contributed by atoms with Crippen LogP contribution in [0, 0.1) is 5.82 Å². The van der Waals surface area contributed by atoms with E-state index in [1.54, 1.807) is 47.5 Å². The zero-order valence-electron chi connectivity index (χ0n) is 21.4. The average Bonchev–Trinajstić information content (AvgIpc) is 2.94. The Morgan fingerprint density at radius 1 is 1.05 bits per heavy atom. The van der Waals surface area contributed by atoms with Gasteiger partial charge in [-0.05, 0) is 49.1 Å². The first kappa shape index (κ1) is 25.3. The van der Waals surface area contributed by atoms with Crippen molar-refractivity contribution >= 4 is 17.9 Å². The number of halogens is 1. The van der Waals surface area contributed by atoms with E-state index in [1.165, 1.54) is 6.07 Å². The van der Waals surface area contributed by atoms with Crippen LogP contribution in [0.15, 0.2) is 85.1 Å². The molecular formula is C30H25FN4O5. The highest BCUT2D eigenvalue weighted by Crippen LogP contribution is 2.53. The molecule has 40 heavy (non-hydrogen) atoms. The summed E-state index contributed by atoms with van der Waals surface area (Å²) in [5.41, 5.74) is 1.24. The molecule has 0 radical (unpaired) electrons. The molecule has 1 N–H and O–H groups in total. The van der Waals surface area contributed by atoms with Gasteiger partial charge in [-0.25, -0.2) is 14.0 Å². The number of amides is 2. The second-order valence-electron chi connectivity index (χ2n) is 9.63. The molecule has 202 valence electrons. The van der Waals surface area contributed by atoms with Gasteiger partial charge >= 0.3 is 12.2 Å². The molecule has 0 bridgehead atoms. The molecule has 10 heteroatoms. The highest BCUT2D eigenvalue weighted by Gasteiger charge is 2.51. The minimum absolute atomic E-state index is 0.0312. The minimum Gasteiger partial charge on any atom is -0.444 e. The third-order valence-electron chi connectivity index (χ3n) is 7.20. The second kappa shape index (κ2) is 10.6. The number of nitrogens with one attached hydrogen (secondary N) is 1. The molecule has 2 heterocycles. The van der Waals surface area contributed by atoms with Crippen LogP contribution < -0.4 is 14.8 Å². The summed E-state index contributed by atoms with van der Waals surface area (Å²) in [6, 6.07) is 22.6. The van der Waals surface area contributed by atoms with Crippen LogP contribution in [-0.2, 0) is 23.4 Å². The van der Waals surface area contributed by atoms with Crippen molar-refractivity contribution in [2.75, 3.05) is 5.32 Å². The summed E-state index contributed by atoms with van der Waals surface area (Å²) in [5.74, 6) is 0.538. The van der Waals surface area contributed by atoms with Crippen LogP contribution in [0.1, 0.15) is 36.0 Å². The number of carbonyl (C=O) groups is 2. The zero-order chi connectivity index (χ0) is 27.5. The van der Waals surface area contributed by atoms with Gasteiger partial charge in [-0.15, -0.1) is 5.10 Å². The highest BCUT2D eigenvalue weighted by atomic mass is 19.1. The lowest BCUT2D eigenvalue weighted by molar-refractivity contribution is 0.00113. The van der Waals surface area contributed by atoms with Crippen LogP contribution in [-0.4, -0.2) is 27.3 Å². The van der Waals surface area contributed by atoms with Crippen molar-refractivity contribution in [3.63, 3.8) is 0 Å². The summed E-state index contributed by atoms with van der Waals surface area (Å²) in [6.07, 6.45) is 2.53. The largest absolute Gasteiger partial charge is 0.444 e. The molecule has 4 aromatic rings. The fraction of sp³-hybridized carbons (Fsp3) is 0.200. The molecule has 2 amide bonds. The first-order valence-corrected chi connectivity index (χ1v) is 12.9. The summed E-state index contributed by atoms with van der Waals surface area (Å²) in [6.45, 7) is 0.0254. The van der Waals surface area contributed by atoms with E-state index in [1.807, 2.05) is 36.4 Å². The Morgan fingerprint density at radius 2 is 1.90 bits per heavy atom. The molecule has 1 saturated carbocycles. The van der Waals surface area contributed by atoms with Gasteiger partial charge in [-0.3, -0.25) is 10.2 Å². The van der Waals surface area contributed by atoms with Gasteiger partial charge in [0.15, 0.2) is 5.82 Å². The Bertz CT molecular complexity index is 1550. The van der Waals surface area contributed by atoms with Crippen LogP contribution in [0.5, 0.6) is 17.4 Å². The predicted molar refractivity (Wildman–Crippen MR) is 142 cm³/mol. The topological polar surface area (TPSA) is 103 Å². The van der Waals surface area contributed by atoms with E-state index in [0.29, 0.717) is 30.2 Å². The van der Waals surface area contributed by atoms with Crippen molar-refractivity contribution in [2.45, 2.75) is 38.0 Å². The van der Waals surface area contributed by atoms with E-state index in [4.69, 9.17) is 14.2 Å². The lowest BCUT2D eigenvalue weighted by Gasteiger charge is -2.52. The zero-order valence-corrected chi connectivity index (χ0v) is 21.4. The number of hydrogen-bond donors (Lipinski definition) is 1. The molecule has 9 nitrogen and oxygen atoms in total. The van der Waals surface area contributed by atoms with Gasteiger partial charge in [-0.1, -0.05) is 42.5 Å². The van der Waals surface area contributed by atoms with Gasteiger partial charge in [0.2, 0.25) is 5.88 Å². The van der Waals surface area contributed by atoms with Crippen molar-refractivity contribution in [2.24, 2.45) is 0 Å². The van der Waals surface area contributed by atoms with Crippen LogP contribution in [0.2, 0.25) is 0 Å². The highest BCUT2D eigenvalue weighted by molar-refractivity contribution is 5.85. The Balaban J connectivity index is 1.19. The minimum atomic E-state index is -0.777. The number of nitrogens with zero attached hydrogens (tertiary/aromatic N) is 3. The van der Waals surface area contributed by atoms with Crippen LogP contribution in [0.3, 0.4) is 0 Å². The van der Waals surface area contributed by atoms with Gasteiger partial charge < -0.3 is 14.2 Å². The monoisotopic (exact) mass is 540 g/mol. The fourth-order valence-electron chi connectivity index (χ4n) is 5.07. The summed E-state index contributed by atoms with van der Waals surface area (Å²) in [7, 11) is 0. The molecule has 2 aliphatic rings. The lowest BCUT2D eigenvalue weighted by Crippen LogP contribution is -2.57. The smallest absolute Gasteiger partial charge is 0.416 e. The first-order chi connectivity index (χ1) is 19.5. The van der Waals surface area contributed by atoms with E-state index < -0.39 is 23.5 Å². The Hall–Kier alpha value is -4.99. The third kappa shape index (κ3) is 4.91. The van der Waals surface area contributed by atoms with Crippen LogP contribution in [0.25, 0.3) is 0 Å². The van der Waals surface area contributed by atoms with E-state index in [2.05, 4.69) is 15.5 Å². The average molecular weight is 541 g/mol. The van der Waals surface area contributed by atoms with Crippen molar-refractivity contribution in [3.05, 3.63) is 108 Å². The van der Waals surface area contributed by atoms with Crippen molar-refractivity contribution in [1.29, 1.82) is 0 Å². The molecule has 0 atom stereocenters. The number of rotatable bonds is 7. The maximum Gasteiger partial charge on any atom is 0.416 e. The molecule has 1 fully saturated rings. The molecule has 0 unspecified atom stereocenters. The van der Waals surface area contributed by atoms with E-state index in [-0.39, 0.29) is 24.4 Å². The van der Waals surface area contributed by atoms with Crippen molar-refractivity contribution < 1.29 is 28.2 Å².